The molecule has 0 spiro atoms. The summed E-state index contributed by atoms with van der Waals surface area (Å²) in [5.41, 5.74) is 1.73. The Morgan fingerprint density at radius 1 is 1.33 bits per heavy atom. The lowest BCUT2D eigenvalue weighted by Crippen LogP contribution is -2.26. The van der Waals surface area contributed by atoms with Crippen LogP contribution in [0.4, 0.5) is 5.69 Å². The fourth-order valence-corrected chi connectivity index (χ4v) is 2.98. The molecule has 2 rings (SSSR count). The number of fused-ring (bicyclic) bond motifs is 1. The summed E-state index contributed by atoms with van der Waals surface area (Å²) in [7, 11) is -0.469. The first-order valence-electron chi connectivity index (χ1n) is 5.67. The topological polar surface area (TPSA) is 57.7 Å². The minimum atomic E-state index is -3.45. The molecule has 18 heavy (non-hydrogen) atoms. The molecule has 1 aliphatic rings. The fraction of sp³-hybridized carbons (Fsp3) is 0.417. The number of nitrogens with zero attached hydrogens (tertiary/aromatic N) is 2. The number of anilines is 1. The molecule has 0 fully saturated rings. The van der Waals surface area contributed by atoms with Gasteiger partial charge in [-0.25, -0.2) is 12.7 Å². The van der Waals surface area contributed by atoms with Gasteiger partial charge in [-0.3, -0.25) is 4.79 Å². The van der Waals surface area contributed by atoms with Gasteiger partial charge in [-0.1, -0.05) is 6.07 Å². The number of amides is 1. The molecular weight excluding hydrogens is 252 g/mol. The normalized spacial score (nSPS) is 15.0. The van der Waals surface area contributed by atoms with Crippen LogP contribution in [0.25, 0.3) is 0 Å². The van der Waals surface area contributed by atoms with Crippen LogP contribution in [0.1, 0.15) is 12.5 Å². The van der Waals surface area contributed by atoms with Gasteiger partial charge in [0.25, 0.3) is 0 Å². The molecule has 0 unspecified atom stereocenters. The second kappa shape index (κ2) is 4.37. The smallest absolute Gasteiger partial charge is 0.242 e. The monoisotopic (exact) mass is 268 g/mol. The first-order chi connectivity index (χ1) is 8.34. The molecule has 1 aliphatic heterocycles. The average Bonchev–Trinajstić information content (AvgIpc) is 2.71. The van der Waals surface area contributed by atoms with E-state index in [0.717, 1.165) is 12.0 Å². The Bertz CT molecular complexity index is 593. The molecule has 98 valence electrons. The first kappa shape index (κ1) is 13.0. The van der Waals surface area contributed by atoms with Crippen molar-refractivity contribution in [1.82, 2.24) is 4.31 Å². The summed E-state index contributed by atoms with van der Waals surface area (Å²) < 4.78 is 25.2. The van der Waals surface area contributed by atoms with Crippen molar-refractivity contribution in [2.24, 2.45) is 0 Å². The van der Waals surface area contributed by atoms with Gasteiger partial charge in [0.2, 0.25) is 15.9 Å². The van der Waals surface area contributed by atoms with E-state index in [2.05, 4.69) is 0 Å². The van der Waals surface area contributed by atoms with Crippen molar-refractivity contribution < 1.29 is 13.2 Å². The third-order valence-corrected chi connectivity index (χ3v) is 4.92. The Morgan fingerprint density at radius 3 is 2.56 bits per heavy atom. The third-order valence-electron chi connectivity index (χ3n) is 3.11. The van der Waals surface area contributed by atoms with Crippen molar-refractivity contribution in [2.45, 2.75) is 18.2 Å². The minimum Gasteiger partial charge on any atom is -0.312 e. The Kier molecular flexibility index (Phi) is 3.16. The summed E-state index contributed by atoms with van der Waals surface area (Å²) >= 11 is 0. The van der Waals surface area contributed by atoms with Crippen LogP contribution in [-0.4, -0.2) is 39.3 Å². The summed E-state index contributed by atoms with van der Waals surface area (Å²) in [4.78, 5) is 13.3. The van der Waals surface area contributed by atoms with Crippen LogP contribution in [-0.2, 0) is 21.2 Å². The van der Waals surface area contributed by atoms with Gasteiger partial charge in [-0.15, -0.1) is 0 Å². The van der Waals surface area contributed by atoms with Gasteiger partial charge < -0.3 is 4.90 Å². The predicted molar refractivity (Wildman–Crippen MR) is 69.0 cm³/mol. The summed E-state index contributed by atoms with van der Waals surface area (Å²) in [5, 5.41) is 0. The maximum Gasteiger partial charge on any atom is 0.242 e. The van der Waals surface area contributed by atoms with E-state index >= 15 is 0 Å². The van der Waals surface area contributed by atoms with Gasteiger partial charge in [0, 0.05) is 33.3 Å². The zero-order valence-electron chi connectivity index (χ0n) is 10.7. The van der Waals surface area contributed by atoms with Gasteiger partial charge in [0.15, 0.2) is 0 Å². The van der Waals surface area contributed by atoms with E-state index in [1.165, 1.54) is 25.3 Å². The van der Waals surface area contributed by atoms with Crippen LogP contribution in [0.15, 0.2) is 23.1 Å². The highest BCUT2D eigenvalue weighted by Crippen LogP contribution is 2.31. The van der Waals surface area contributed by atoms with Crippen LogP contribution in [0.2, 0.25) is 0 Å². The van der Waals surface area contributed by atoms with Crippen LogP contribution in [0.3, 0.4) is 0 Å². The Labute approximate surface area is 107 Å². The van der Waals surface area contributed by atoms with Gasteiger partial charge in [0.05, 0.1) is 4.90 Å². The zero-order valence-corrected chi connectivity index (χ0v) is 11.5. The zero-order chi connectivity index (χ0) is 13.5. The van der Waals surface area contributed by atoms with Gasteiger partial charge in [-0.2, -0.15) is 0 Å². The van der Waals surface area contributed by atoms with Crippen molar-refractivity contribution in [3.8, 4) is 0 Å². The molecule has 0 atom stereocenters. The highest BCUT2D eigenvalue weighted by atomic mass is 32.2. The lowest BCUT2D eigenvalue weighted by Gasteiger charge is -2.17. The summed E-state index contributed by atoms with van der Waals surface area (Å²) in [5.74, 6) is -0.0619. The molecule has 1 aromatic carbocycles. The number of benzene rings is 1. The van der Waals surface area contributed by atoms with Crippen LogP contribution in [0.5, 0.6) is 0 Å². The van der Waals surface area contributed by atoms with E-state index in [9.17, 15) is 13.2 Å². The molecule has 0 aliphatic carbocycles. The Morgan fingerprint density at radius 2 is 2.00 bits per heavy atom. The average molecular weight is 268 g/mol. The Balaban J connectivity index is 2.51. The van der Waals surface area contributed by atoms with E-state index in [1.807, 2.05) is 0 Å². The molecule has 1 aromatic rings. The first-order valence-corrected chi connectivity index (χ1v) is 7.11. The van der Waals surface area contributed by atoms with Gasteiger partial charge in [-0.05, 0) is 24.1 Å². The molecule has 1 heterocycles. The van der Waals surface area contributed by atoms with E-state index in [-0.39, 0.29) is 10.8 Å². The quantitative estimate of drug-likeness (QED) is 0.799. The summed E-state index contributed by atoms with van der Waals surface area (Å²) in [6.07, 6.45) is 0.775. The van der Waals surface area contributed by atoms with Crippen molar-refractivity contribution in [1.29, 1.82) is 0 Å². The fourth-order valence-electron chi connectivity index (χ4n) is 2.06. The van der Waals surface area contributed by atoms with Crippen molar-refractivity contribution >= 4 is 21.6 Å². The number of hydrogen-bond donors (Lipinski definition) is 0. The molecule has 0 bridgehead atoms. The number of rotatable bonds is 2. The predicted octanol–water partition coefficient (Wildman–Crippen LogP) is 0.846. The van der Waals surface area contributed by atoms with E-state index in [4.69, 9.17) is 0 Å². The number of sulfonamides is 1. The molecule has 0 radical (unpaired) electrons. The molecule has 6 heteroatoms. The molecule has 1 amide bonds. The highest BCUT2D eigenvalue weighted by Gasteiger charge is 2.25. The second-order valence-electron chi connectivity index (χ2n) is 4.50. The van der Waals surface area contributed by atoms with E-state index in [1.54, 1.807) is 23.1 Å². The minimum absolute atomic E-state index is 0.0619. The van der Waals surface area contributed by atoms with E-state index in [0.29, 0.717) is 12.2 Å². The van der Waals surface area contributed by atoms with Gasteiger partial charge >= 0.3 is 0 Å². The van der Waals surface area contributed by atoms with Crippen LogP contribution < -0.4 is 4.90 Å². The lowest BCUT2D eigenvalue weighted by molar-refractivity contribution is -0.116. The second-order valence-corrected chi connectivity index (χ2v) is 6.65. The summed E-state index contributed by atoms with van der Waals surface area (Å²) in [6.45, 7) is 2.11. The molecule has 0 N–H and O–H groups in total. The maximum absolute atomic E-state index is 12.0. The number of hydrogen-bond acceptors (Lipinski definition) is 3. The number of carbonyl (C=O) groups is 1. The van der Waals surface area contributed by atoms with Gasteiger partial charge in [0.1, 0.15) is 0 Å². The van der Waals surface area contributed by atoms with Crippen molar-refractivity contribution in [3.63, 3.8) is 0 Å². The molecular formula is C12H16N2O3S. The van der Waals surface area contributed by atoms with Crippen molar-refractivity contribution in [3.05, 3.63) is 23.8 Å². The van der Waals surface area contributed by atoms with Crippen molar-refractivity contribution in [2.75, 3.05) is 25.5 Å². The van der Waals surface area contributed by atoms with Crippen LogP contribution >= 0.6 is 0 Å². The lowest BCUT2D eigenvalue weighted by atomic mass is 10.2. The highest BCUT2D eigenvalue weighted by molar-refractivity contribution is 7.89. The standard InChI is InChI=1S/C12H16N2O3S/c1-9(15)14-7-6-10-4-5-11(8-12(10)14)18(16,17)13(2)3/h4-5,8H,6-7H2,1-3H3. The largest absolute Gasteiger partial charge is 0.312 e. The molecule has 0 saturated heterocycles. The summed E-state index contributed by atoms with van der Waals surface area (Å²) in [6, 6.07) is 4.96. The van der Waals surface area contributed by atoms with Crippen LogP contribution in [0, 0.1) is 0 Å². The third kappa shape index (κ3) is 2.02. The molecule has 5 nitrogen and oxygen atoms in total. The molecule has 0 saturated carbocycles. The number of carbonyl (C=O) groups excluding carboxylic acids is 1. The Hall–Kier alpha value is -1.40. The van der Waals surface area contributed by atoms with E-state index < -0.39 is 10.0 Å². The maximum atomic E-state index is 12.0. The SMILES string of the molecule is CC(=O)N1CCc2ccc(S(=O)(=O)N(C)C)cc21. The molecule has 0 aromatic heterocycles.